The van der Waals surface area contributed by atoms with Gasteiger partial charge in [0.25, 0.3) is 0 Å². The first-order valence-electron chi connectivity index (χ1n) is 8.54. The molecule has 1 saturated heterocycles. The number of benzene rings is 1. The number of carbonyl (C=O) groups excluding carboxylic acids is 2. The van der Waals surface area contributed by atoms with Gasteiger partial charge >= 0.3 is 6.09 Å². The summed E-state index contributed by atoms with van der Waals surface area (Å²) in [5, 5.41) is 2.74. The van der Waals surface area contributed by atoms with E-state index in [1.54, 1.807) is 0 Å². The second kappa shape index (κ2) is 8.29. The summed E-state index contributed by atoms with van der Waals surface area (Å²) in [5.74, 6) is 0.0985. The maximum absolute atomic E-state index is 12.3. The number of ketones is 1. The lowest BCUT2D eigenvalue weighted by Gasteiger charge is -2.30. The number of carbonyl (C=O) groups is 2. The smallest absolute Gasteiger partial charge is 0.407 e. The molecule has 0 bridgehead atoms. The highest BCUT2D eigenvalue weighted by Gasteiger charge is 2.25. The highest BCUT2D eigenvalue weighted by Crippen LogP contribution is 2.22. The molecule has 0 spiro atoms. The van der Waals surface area contributed by atoms with Gasteiger partial charge in [0.1, 0.15) is 5.60 Å². The van der Waals surface area contributed by atoms with E-state index in [0.717, 1.165) is 24.8 Å². The van der Waals surface area contributed by atoms with Gasteiger partial charge in [0.15, 0.2) is 5.78 Å². The van der Waals surface area contributed by atoms with Gasteiger partial charge in [0.2, 0.25) is 0 Å². The lowest BCUT2D eigenvalue weighted by molar-refractivity contribution is -0.0483. The number of alkyl carbamates (subject to hydrolysis) is 1. The van der Waals surface area contributed by atoms with E-state index in [2.05, 4.69) is 5.32 Å². The molecule has 2 atom stereocenters. The third-order valence-electron chi connectivity index (χ3n) is 3.82. The summed E-state index contributed by atoms with van der Waals surface area (Å²) in [6.45, 7) is 5.89. The van der Waals surface area contributed by atoms with Gasteiger partial charge in [0, 0.05) is 18.5 Å². The van der Waals surface area contributed by atoms with Crippen LogP contribution in [-0.4, -0.2) is 36.2 Å². The van der Waals surface area contributed by atoms with Crippen LogP contribution in [0.3, 0.4) is 0 Å². The van der Waals surface area contributed by atoms with Crippen molar-refractivity contribution in [2.24, 2.45) is 0 Å². The Bertz CT molecular complexity index is 550. The van der Waals surface area contributed by atoms with Gasteiger partial charge in [-0.3, -0.25) is 4.79 Å². The highest BCUT2D eigenvalue weighted by atomic mass is 16.6. The van der Waals surface area contributed by atoms with E-state index in [1.807, 2.05) is 51.1 Å². The Morgan fingerprint density at radius 1 is 1.17 bits per heavy atom. The number of hydrogen-bond donors (Lipinski definition) is 1. The normalized spacial score (nSPS) is 21.1. The van der Waals surface area contributed by atoms with Gasteiger partial charge < -0.3 is 14.8 Å². The first-order valence-corrected chi connectivity index (χ1v) is 8.54. The molecule has 0 aliphatic carbocycles. The highest BCUT2D eigenvalue weighted by molar-refractivity contribution is 5.96. The zero-order chi connectivity index (χ0) is 17.6. The number of rotatable bonds is 5. The summed E-state index contributed by atoms with van der Waals surface area (Å²) in [4.78, 5) is 24.0. The van der Waals surface area contributed by atoms with Crippen LogP contribution >= 0.6 is 0 Å². The van der Waals surface area contributed by atoms with Gasteiger partial charge in [-0.1, -0.05) is 30.3 Å². The number of hydrogen-bond acceptors (Lipinski definition) is 4. The monoisotopic (exact) mass is 333 g/mol. The predicted octanol–water partition coefficient (Wildman–Crippen LogP) is 3.72. The lowest BCUT2D eigenvalue weighted by atomic mass is 9.98. The molecule has 0 saturated carbocycles. The number of nitrogens with one attached hydrogen (secondary N) is 1. The molecular weight excluding hydrogens is 306 g/mol. The van der Waals surface area contributed by atoms with Crippen molar-refractivity contribution in [1.29, 1.82) is 0 Å². The zero-order valence-corrected chi connectivity index (χ0v) is 14.7. The van der Waals surface area contributed by atoms with Gasteiger partial charge in [0.05, 0.1) is 12.2 Å². The predicted molar refractivity (Wildman–Crippen MR) is 92.1 cm³/mol. The molecule has 1 aromatic rings. The van der Waals surface area contributed by atoms with Crippen LogP contribution < -0.4 is 5.32 Å². The zero-order valence-electron chi connectivity index (χ0n) is 14.7. The molecule has 1 fully saturated rings. The van der Waals surface area contributed by atoms with E-state index < -0.39 is 11.7 Å². The molecule has 0 aromatic heterocycles. The summed E-state index contributed by atoms with van der Waals surface area (Å²) in [6, 6.07) is 9.27. The fourth-order valence-corrected chi connectivity index (χ4v) is 2.74. The Hall–Kier alpha value is -1.88. The summed E-state index contributed by atoms with van der Waals surface area (Å²) in [6.07, 6.45) is 2.54. The van der Waals surface area contributed by atoms with Crippen molar-refractivity contribution in [1.82, 2.24) is 5.32 Å². The minimum absolute atomic E-state index is 0.0696. The van der Waals surface area contributed by atoms with Crippen LogP contribution in [0.25, 0.3) is 0 Å². The van der Waals surface area contributed by atoms with Gasteiger partial charge in [-0.2, -0.15) is 0 Å². The Kier molecular flexibility index (Phi) is 6.37. The minimum Gasteiger partial charge on any atom is -0.444 e. The number of Topliss-reactive ketones (excluding diaryl/α,β-unsaturated/α-hetero) is 1. The van der Waals surface area contributed by atoms with Crippen molar-refractivity contribution in [2.45, 2.75) is 64.3 Å². The minimum atomic E-state index is -0.512. The van der Waals surface area contributed by atoms with Crippen molar-refractivity contribution in [3.63, 3.8) is 0 Å². The Morgan fingerprint density at radius 3 is 2.50 bits per heavy atom. The Morgan fingerprint density at radius 2 is 1.83 bits per heavy atom. The largest absolute Gasteiger partial charge is 0.444 e. The van der Waals surface area contributed by atoms with E-state index >= 15 is 0 Å². The number of ether oxygens (including phenoxy) is 2. The Balaban J connectivity index is 1.77. The standard InChI is InChI=1S/C19H27NO4/c1-19(2,3)24-18(22)20-13-16-11-7-10-15(23-16)12-17(21)14-8-5-4-6-9-14/h4-6,8-9,15-16H,7,10-13H2,1-3H3,(H,20,22)/t15-,16+/m0/s1. The molecule has 1 aliphatic heterocycles. The molecule has 1 aromatic carbocycles. The molecule has 0 radical (unpaired) electrons. The molecule has 24 heavy (non-hydrogen) atoms. The average Bonchev–Trinajstić information content (AvgIpc) is 2.52. The van der Waals surface area contributed by atoms with Crippen LogP contribution in [0.2, 0.25) is 0 Å². The molecule has 1 N–H and O–H groups in total. The molecule has 5 heteroatoms. The van der Waals surface area contributed by atoms with Crippen molar-refractivity contribution in [3.8, 4) is 0 Å². The fourth-order valence-electron chi connectivity index (χ4n) is 2.74. The van der Waals surface area contributed by atoms with Crippen molar-refractivity contribution in [2.75, 3.05) is 6.54 Å². The topological polar surface area (TPSA) is 64.6 Å². The average molecular weight is 333 g/mol. The van der Waals surface area contributed by atoms with Crippen LogP contribution in [0.4, 0.5) is 4.79 Å². The van der Waals surface area contributed by atoms with Crippen molar-refractivity contribution in [3.05, 3.63) is 35.9 Å². The Labute approximate surface area is 143 Å². The maximum atomic E-state index is 12.3. The quantitative estimate of drug-likeness (QED) is 0.834. The third kappa shape index (κ3) is 6.32. The van der Waals surface area contributed by atoms with Crippen molar-refractivity contribution >= 4 is 11.9 Å². The van der Waals surface area contributed by atoms with Crippen LogP contribution in [0, 0.1) is 0 Å². The molecule has 0 unspecified atom stereocenters. The summed E-state index contributed by atoms with van der Waals surface area (Å²) >= 11 is 0. The summed E-state index contributed by atoms with van der Waals surface area (Å²) < 4.78 is 11.2. The molecule has 2 rings (SSSR count). The van der Waals surface area contributed by atoms with E-state index in [0.29, 0.717) is 13.0 Å². The molecule has 5 nitrogen and oxygen atoms in total. The molecule has 1 amide bonds. The second-order valence-electron chi connectivity index (χ2n) is 7.19. The van der Waals surface area contributed by atoms with E-state index in [-0.39, 0.29) is 18.0 Å². The third-order valence-corrected chi connectivity index (χ3v) is 3.82. The van der Waals surface area contributed by atoms with E-state index in [9.17, 15) is 9.59 Å². The first-order chi connectivity index (χ1) is 11.3. The molecule has 132 valence electrons. The van der Waals surface area contributed by atoms with Crippen LogP contribution in [0.15, 0.2) is 30.3 Å². The van der Waals surface area contributed by atoms with Gasteiger partial charge in [-0.15, -0.1) is 0 Å². The SMILES string of the molecule is CC(C)(C)OC(=O)NC[C@H]1CCC[C@@H](CC(=O)c2ccccc2)O1. The van der Waals surface area contributed by atoms with E-state index in [1.165, 1.54) is 0 Å². The maximum Gasteiger partial charge on any atom is 0.407 e. The van der Waals surface area contributed by atoms with Crippen LogP contribution in [0.1, 0.15) is 56.8 Å². The number of amides is 1. The lowest BCUT2D eigenvalue weighted by Crippen LogP contribution is -2.40. The second-order valence-corrected chi connectivity index (χ2v) is 7.19. The summed E-state index contributed by atoms with van der Waals surface area (Å²) in [5.41, 5.74) is 0.206. The molecule has 1 aliphatic rings. The van der Waals surface area contributed by atoms with Crippen molar-refractivity contribution < 1.29 is 19.1 Å². The fraction of sp³-hybridized carbons (Fsp3) is 0.579. The van der Waals surface area contributed by atoms with E-state index in [4.69, 9.17) is 9.47 Å². The van der Waals surface area contributed by atoms with Gasteiger partial charge in [-0.25, -0.2) is 4.79 Å². The van der Waals surface area contributed by atoms with Crippen LogP contribution in [-0.2, 0) is 9.47 Å². The van der Waals surface area contributed by atoms with Crippen LogP contribution in [0.5, 0.6) is 0 Å². The van der Waals surface area contributed by atoms with Gasteiger partial charge in [-0.05, 0) is 40.0 Å². The summed E-state index contributed by atoms with van der Waals surface area (Å²) in [7, 11) is 0. The molecular formula is C19H27NO4. The first kappa shape index (κ1) is 18.5. The molecule has 1 heterocycles.